The van der Waals surface area contributed by atoms with Crippen LogP contribution in [0.5, 0.6) is 0 Å². The van der Waals surface area contributed by atoms with Gasteiger partial charge in [0.2, 0.25) is 0 Å². The smallest absolute Gasteiger partial charge is 0.191 e. The van der Waals surface area contributed by atoms with Crippen molar-refractivity contribution < 1.29 is 9.50 Å². The Morgan fingerprint density at radius 1 is 1.21 bits per heavy atom. The second-order valence-electron chi connectivity index (χ2n) is 7.02. The summed E-state index contributed by atoms with van der Waals surface area (Å²) in [5.74, 6) is 0.242. The van der Waals surface area contributed by atoms with Gasteiger partial charge < -0.3 is 20.6 Å². The number of guanidine groups is 1. The minimum absolute atomic E-state index is 0. The van der Waals surface area contributed by atoms with Crippen molar-refractivity contribution in [1.82, 2.24) is 10.6 Å². The van der Waals surface area contributed by atoms with Crippen molar-refractivity contribution in [2.45, 2.75) is 31.9 Å². The largest absolute Gasteiger partial charge is 0.386 e. The van der Waals surface area contributed by atoms with Gasteiger partial charge in [-0.2, -0.15) is 0 Å². The molecule has 2 aromatic carbocycles. The first kappa shape index (κ1) is 23.4. The number of nitrogens with one attached hydrogen (secondary N) is 2. The fourth-order valence-corrected chi connectivity index (χ4v) is 3.50. The second kappa shape index (κ2) is 12.0. The maximum absolute atomic E-state index is 13.8. The van der Waals surface area contributed by atoms with Gasteiger partial charge in [0.15, 0.2) is 5.96 Å². The zero-order chi connectivity index (χ0) is 19.8. The molecule has 1 aliphatic heterocycles. The van der Waals surface area contributed by atoms with Gasteiger partial charge in [0.05, 0.1) is 6.54 Å². The minimum Gasteiger partial charge on any atom is -0.386 e. The van der Waals surface area contributed by atoms with Crippen LogP contribution in [0.2, 0.25) is 0 Å². The average Bonchev–Trinajstić information content (AvgIpc) is 2.73. The van der Waals surface area contributed by atoms with Crippen LogP contribution < -0.4 is 15.5 Å². The number of nitrogens with zero attached hydrogens (tertiary/aromatic N) is 2. The summed E-state index contributed by atoms with van der Waals surface area (Å²) >= 11 is 0. The van der Waals surface area contributed by atoms with Crippen molar-refractivity contribution in [3.8, 4) is 0 Å². The predicted octanol–water partition coefficient (Wildman–Crippen LogP) is 3.70. The topological polar surface area (TPSA) is 59.9 Å². The van der Waals surface area contributed by atoms with E-state index in [0.717, 1.165) is 32.5 Å². The third-order valence-corrected chi connectivity index (χ3v) is 4.91. The fourth-order valence-electron chi connectivity index (χ4n) is 3.50. The van der Waals surface area contributed by atoms with Crippen molar-refractivity contribution in [2.24, 2.45) is 4.99 Å². The molecule has 1 aliphatic rings. The predicted molar refractivity (Wildman–Crippen MR) is 128 cm³/mol. The highest BCUT2D eigenvalue weighted by Crippen LogP contribution is 2.20. The molecule has 2 aromatic rings. The van der Waals surface area contributed by atoms with Gasteiger partial charge in [-0.25, -0.2) is 4.39 Å². The molecule has 5 nitrogen and oxygen atoms in total. The molecule has 3 N–H and O–H groups in total. The van der Waals surface area contributed by atoms with Crippen LogP contribution in [-0.4, -0.2) is 43.3 Å². The van der Waals surface area contributed by atoms with Gasteiger partial charge in [-0.15, -0.1) is 24.0 Å². The van der Waals surface area contributed by atoms with E-state index in [0.29, 0.717) is 5.96 Å². The highest BCUT2D eigenvalue weighted by Gasteiger charge is 2.21. The Morgan fingerprint density at radius 2 is 1.93 bits per heavy atom. The van der Waals surface area contributed by atoms with Gasteiger partial charge in [-0.3, -0.25) is 4.99 Å². The summed E-state index contributed by atoms with van der Waals surface area (Å²) in [7, 11) is 0. The summed E-state index contributed by atoms with van der Waals surface area (Å²) in [6, 6.07) is 16.9. The molecule has 0 aliphatic carbocycles. The molecule has 2 atom stereocenters. The first-order valence-corrected chi connectivity index (χ1v) is 9.94. The number of aliphatic hydroxyl groups is 1. The number of piperidine rings is 1. The third kappa shape index (κ3) is 6.85. The van der Waals surface area contributed by atoms with Gasteiger partial charge in [0, 0.05) is 36.9 Å². The fraction of sp³-hybridized carbons (Fsp3) is 0.409. The number of para-hydroxylation sites is 1. The molecule has 0 spiro atoms. The van der Waals surface area contributed by atoms with Crippen LogP contribution in [0.1, 0.15) is 31.4 Å². The Morgan fingerprint density at radius 3 is 2.66 bits per heavy atom. The van der Waals surface area contributed by atoms with Crippen LogP contribution in [-0.2, 0) is 0 Å². The van der Waals surface area contributed by atoms with E-state index in [-0.39, 0.29) is 42.1 Å². The quantitative estimate of drug-likeness (QED) is 0.314. The highest BCUT2D eigenvalue weighted by atomic mass is 127. The van der Waals surface area contributed by atoms with E-state index in [4.69, 9.17) is 0 Å². The lowest BCUT2D eigenvalue weighted by Gasteiger charge is -2.35. The Kier molecular flexibility index (Phi) is 9.66. The number of hydrogen-bond donors (Lipinski definition) is 3. The second-order valence-corrected chi connectivity index (χ2v) is 7.02. The van der Waals surface area contributed by atoms with E-state index in [2.05, 4.69) is 44.8 Å². The van der Waals surface area contributed by atoms with E-state index in [9.17, 15) is 9.50 Å². The number of halogens is 2. The Bertz CT molecular complexity index is 774. The molecule has 3 rings (SSSR count). The number of anilines is 1. The molecule has 0 bridgehead atoms. The van der Waals surface area contributed by atoms with Crippen molar-refractivity contribution in [3.63, 3.8) is 0 Å². The molecular weight excluding hydrogens is 482 g/mol. The molecule has 1 heterocycles. The summed E-state index contributed by atoms with van der Waals surface area (Å²) in [5.41, 5.74) is 1.50. The third-order valence-electron chi connectivity index (χ3n) is 4.91. The summed E-state index contributed by atoms with van der Waals surface area (Å²) in [5, 5.41) is 17.0. The van der Waals surface area contributed by atoms with E-state index in [1.807, 2.05) is 13.0 Å². The molecule has 0 amide bonds. The van der Waals surface area contributed by atoms with E-state index < -0.39 is 11.9 Å². The number of benzene rings is 2. The van der Waals surface area contributed by atoms with Crippen LogP contribution in [0.4, 0.5) is 10.1 Å². The lowest BCUT2D eigenvalue weighted by Crippen LogP contribution is -2.51. The lowest BCUT2D eigenvalue weighted by molar-refractivity contribution is 0.182. The molecule has 0 saturated carbocycles. The van der Waals surface area contributed by atoms with Crippen LogP contribution in [0.3, 0.4) is 0 Å². The maximum Gasteiger partial charge on any atom is 0.191 e. The van der Waals surface area contributed by atoms with Gasteiger partial charge in [-0.05, 0) is 38.0 Å². The molecule has 1 saturated heterocycles. The summed E-state index contributed by atoms with van der Waals surface area (Å²) in [6.45, 7) is 4.76. The molecule has 29 heavy (non-hydrogen) atoms. The van der Waals surface area contributed by atoms with Gasteiger partial charge in [0.1, 0.15) is 11.9 Å². The first-order chi connectivity index (χ1) is 13.7. The van der Waals surface area contributed by atoms with Crippen LogP contribution >= 0.6 is 24.0 Å². The van der Waals surface area contributed by atoms with Crippen LogP contribution in [0.15, 0.2) is 59.6 Å². The number of aliphatic imine (C=N–C) groups is 1. The van der Waals surface area contributed by atoms with Crippen LogP contribution in [0.25, 0.3) is 0 Å². The maximum atomic E-state index is 13.8. The van der Waals surface area contributed by atoms with E-state index in [1.165, 1.54) is 11.8 Å². The van der Waals surface area contributed by atoms with Gasteiger partial charge >= 0.3 is 0 Å². The molecule has 7 heteroatoms. The standard InChI is InChI=1S/C22H29FN4O.HI/c1-2-24-22(25-15-21(28)19-12-6-7-13-20(19)23)26-17-9-8-14-27(16-17)18-10-4-3-5-11-18;/h3-7,10-13,17,21,28H,2,8-9,14-16H2,1H3,(H2,24,25,26);1H. The summed E-state index contributed by atoms with van der Waals surface area (Å²) in [6.07, 6.45) is 1.19. The molecule has 1 fully saturated rings. The number of rotatable bonds is 6. The van der Waals surface area contributed by atoms with Crippen molar-refractivity contribution in [2.75, 3.05) is 31.1 Å². The first-order valence-electron chi connectivity index (χ1n) is 9.94. The zero-order valence-electron chi connectivity index (χ0n) is 16.7. The van der Waals surface area contributed by atoms with E-state index >= 15 is 0 Å². The summed E-state index contributed by atoms with van der Waals surface area (Å²) < 4.78 is 13.8. The molecule has 2 unspecified atom stereocenters. The average molecular weight is 512 g/mol. The van der Waals surface area contributed by atoms with Crippen LogP contribution in [0, 0.1) is 5.82 Å². The normalized spacial score (nSPS) is 18.0. The monoisotopic (exact) mass is 512 g/mol. The Balaban J connectivity index is 0.00000300. The Labute approximate surface area is 189 Å². The minimum atomic E-state index is -0.969. The molecular formula is C22H30FIN4O. The zero-order valence-corrected chi connectivity index (χ0v) is 19.1. The van der Waals surface area contributed by atoms with Crippen molar-refractivity contribution in [3.05, 3.63) is 66.0 Å². The molecule has 158 valence electrons. The Hall–Kier alpha value is -1.87. The van der Waals surface area contributed by atoms with Crippen molar-refractivity contribution in [1.29, 1.82) is 0 Å². The molecule has 0 radical (unpaired) electrons. The lowest BCUT2D eigenvalue weighted by atomic mass is 10.0. The summed E-state index contributed by atoms with van der Waals surface area (Å²) in [4.78, 5) is 6.86. The van der Waals surface area contributed by atoms with E-state index in [1.54, 1.807) is 18.2 Å². The van der Waals surface area contributed by atoms with Gasteiger partial charge in [0.25, 0.3) is 0 Å². The molecule has 0 aromatic heterocycles. The number of aliphatic hydroxyl groups excluding tert-OH is 1. The van der Waals surface area contributed by atoms with Crippen molar-refractivity contribution >= 4 is 35.6 Å². The highest BCUT2D eigenvalue weighted by molar-refractivity contribution is 14.0. The number of hydrogen-bond acceptors (Lipinski definition) is 3. The van der Waals surface area contributed by atoms with Gasteiger partial charge in [-0.1, -0.05) is 36.4 Å². The SMILES string of the molecule is CCNC(=NCC(O)c1ccccc1F)NC1CCCN(c2ccccc2)C1.I.